The van der Waals surface area contributed by atoms with Crippen molar-refractivity contribution in [2.45, 2.75) is 6.10 Å². The standard InChI is InChI=1S/C25H27BrN4O2.C2H2O4/c26-22-8-6-20(7-9-22)25(21-10-12-27-13-11-21)28-32-19-24(31)18-29-14-16-30(17-15-29)23-4-2-1-3-5-23;3-1(4)2(5)6/h1-13,24,31H,14-19H2;(H,3,4)(H,5,6)/b28-25+;. The lowest BCUT2D eigenvalue weighted by Gasteiger charge is -2.36. The summed E-state index contributed by atoms with van der Waals surface area (Å²) < 4.78 is 0.999. The highest BCUT2D eigenvalue weighted by atomic mass is 79.9. The van der Waals surface area contributed by atoms with Gasteiger partial charge in [-0.25, -0.2) is 9.59 Å². The third-order valence-electron chi connectivity index (χ3n) is 5.64. The summed E-state index contributed by atoms with van der Waals surface area (Å²) in [5, 5.41) is 29.7. The molecular weight excluding hydrogens is 556 g/mol. The number of piperazine rings is 1. The van der Waals surface area contributed by atoms with Gasteiger partial charge in [0.05, 0.1) is 0 Å². The van der Waals surface area contributed by atoms with Gasteiger partial charge >= 0.3 is 11.9 Å². The van der Waals surface area contributed by atoms with E-state index in [1.165, 1.54) is 5.69 Å². The SMILES string of the molecule is O=C(O)C(=O)O.OC(CO/N=C(/c1ccncc1)c1ccc(Br)cc1)CN1CCN(c2ccccc2)CC1. The molecule has 3 aromatic rings. The fourth-order valence-electron chi connectivity index (χ4n) is 3.76. The summed E-state index contributed by atoms with van der Waals surface area (Å²) in [4.78, 5) is 32.5. The van der Waals surface area contributed by atoms with Crippen molar-refractivity contribution in [1.82, 2.24) is 9.88 Å². The van der Waals surface area contributed by atoms with E-state index in [2.05, 4.69) is 60.1 Å². The Balaban J connectivity index is 0.000000599. The van der Waals surface area contributed by atoms with Crippen molar-refractivity contribution in [3.8, 4) is 0 Å². The Hall–Kier alpha value is -3.80. The van der Waals surface area contributed by atoms with Gasteiger partial charge in [0.1, 0.15) is 18.4 Å². The molecule has 1 aliphatic rings. The number of carboxylic acid groups (broad SMARTS) is 2. The molecule has 2 aromatic carbocycles. The second kappa shape index (κ2) is 14.8. The molecule has 0 bridgehead atoms. The largest absolute Gasteiger partial charge is 0.473 e. The van der Waals surface area contributed by atoms with Crippen LogP contribution in [0, 0.1) is 0 Å². The molecule has 1 atom stereocenters. The highest BCUT2D eigenvalue weighted by molar-refractivity contribution is 9.10. The summed E-state index contributed by atoms with van der Waals surface area (Å²) in [5.41, 5.74) is 3.81. The number of aromatic nitrogens is 1. The maximum Gasteiger partial charge on any atom is 0.414 e. The van der Waals surface area contributed by atoms with Crippen molar-refractivity contribution in [3.05, 3.63) is 94.7 Å². The van der Waals surface area contributed by atoms with E-state index in [-0.39, 0.29) is 6.61 Å². The molecule has 1 fully saturated rings. The number of halogens is 1. The van der Waals surface area contributed by atoms with Gasteiger partial charge in [0, 0.05) is 66.4 Å². The maximum atomic E-state index is 10.5. The number of carbonyl (C=O) groups is 2. The van der Waals surface area contributed by atoms with Crippen LogP contribution in [-0.2, 0) is 14.4 Å². The predicted octanol–water partition coefficient (Wildman–Crippen LogP) is 2.95. The number of carboxylic acids is 2. The minimum absolute atomic E-state index is 0.143. The van der Waals surface area contributed by atoms with Gasteiger partial charge in [0.2, 0.25) is 0 Å². The van der Waals surface area contributed by atoms with Crippen LogP contribution < -0.4 is 4.90 Å². The Morgan fingerprint density at radius 2 is 1.47 bits per heavy atom. The van der Waals surface area contributed by atoms with Crippen molar-refractivity contribution in [2.24, 2.45) is 5.16 Å². The summed E-state index contributed by atoms with van der Waals surface area (Å²) >= 11 is 3.46. The second-order valence-electron chi connectivity index (χ2n) is 8.37. The number of para-hydroxylation sites is 1. The summed E-state index contributed by atoms with van der Waals surface area (Å²) in [6.45, 7) is 4.44. The van der Waals surface area contributed by atoms with Crippen LogP contribution in [0.2, 0.25) is 0 Å². The Morgan fingerprint density at radius 3 is 2.05 bits per heavy atom. The number of rotatable bonds is 8. The number of hydrogen-bond donors (Lipinski definition) is 3. The summed E-state index contributed by atoms with van der Waals surface area (Å²) in [6, 6.07) is 22.1. The molecule has 4 rings (SSSR count). The number of oxime groups is 1. The van der Waals surface area contributed by atoms with E-state index in [4.69, 9.17) is 24.6 Å². The molecule has 38 heavy (non-hydrogen) atoms. The first-order valence-corrected chi connectivity index (χ1v) is 12.7. The Morgan fingerprint density at radius 1 is 0.895 bits per heavy atom. The van der Waals surface area contributed by atoms with Gasteiger partial charge in [-0.15, -0.1) is 0 Å². The van der Waals surface area contributed by atoms with Gasteiger partial charge in [-0.2, -0.15) is 0 Å². The van der Waals surface area contributed by atoms with Crippen LogP contribution in [0.25, 0.3) is 0 Å². The molecule has 2 heterocycles. The third kappa shape index (κ3) is 9.25. The number of β-amino-alcohol motifs (C(OH)–C–C–N with tert-alkyl or cyclic N) is 1. The van der Waals surface area contributed by atoms with E-state index in [9.17, 15) is 5.11 Å². The summed E-state index contributed by atoms with van der Waals surface area (Å²) in [5.74, 6) is -3.65. The highest BCUT2D eigenvalue weighted by Gasteiger charge is 2.20. The highest BCUT2D eigenvalue weighted by Crippen LogP contribution is 2.17. The smallest absolute Gasteiger partial charge is 0.414 e. The molecule has 1 unspecified atom stereocenters. The lowest BCUT2D eigenvalue weighted by atomic mass is 10.0. The molecule has 11 heteroatoms. The van der Waals surface area contributed by atoms with E-state index in [0.717, 1.165) is 41.8 Å². The Bertz CT molecular complexity index is 1180. The van der Waals surface area contributed by atoms with Crippen molar-refractivity contribution >= 4 is 39.3 Å². The first kappa shape index (κ1) is 28.8. The zero-order valence-corrected chi connectivity index (χ0v) is 22.1. The molecule has 0 radical (unpaired) electrons. The molecule has 1 saturated heterocycles. The topological polar surface area (TPSA) is 136 Å². The van der Waals surface area contributed by atoms with Gasteiger partial charge in [-0.1, -0.05) is 51.4 Å². The predicted molar refractivity (Wildman–Crippen MR) is 146 cm³/mol. The summed E-state index contributed by atoms with van der Waals surface area (Å²) in [6.07, 6.45) is 2.85. The van der Waals surface area contributed by atoms with Crippen LogP contribution in [0.3, 0.4) is 0 Å². The maximum absolute atomic E-state index is 10.5. The average Bonchev–Trinajstić information content (AvgIpc) is 2.93. The lowest BCUT2D eigenvalue weighted by Crippen LogP contribution is -2.49. The molecule has 0 saturated carbocycles. The Kier molecular flexibility index (Phi) is 11.2. The first-order valence-electron chi connectivity index (χ1n) is 11.9. The molecule has 0 spiro atoms. The molecule has 1 aliphatic heterocycles. The fourth-order valence-corrected chi connectivity index (χ4v) is 4.02. The molecule has 0 aliphatic carbocycles. The molecule has 10 nitrogen and oxygen atoms in total. The van der Waals surface area contributed by atoms with Gasteiger partial charge in [-0.3, -0.25) is 9.88 Å². The Labute approximate surface area is 228 Å². The van der Waals surface area contributed by atoms with Gasteiger partial charge in [0.25, 0.3) is 0 Å². The van der Waals surface area contributed by atoms with Crippen LogP contribution >= 0.6 is 15.9 Å². The number of anilines is 1. The molecule has 1 aromatic heterocycles. The third-order valence-corrected chi connectivity index (χ3v) is 6.17. The van der Waals surface area contributed by atoms with E-state index in [0.29, 0.717) is 12.3 Å². The van der Waals surface area contributed by atoms with Crippen molar-refractivity contribution in [1.29, 1.82) is 0 Å². The van der Waals surface area contributed by atoms with Crippen LogP contribution in [0.1, 0.15) is 11.1 Å². The average molecular weight is 585 g/mol. The minimum Gasteiger partial charge on any atom is -0.473 e. The van der Waals surface area contributed by atoms with E-state index < -0.39 is 18.0 Å². The minimum atomic E-state index is -1.82. The second-order valence-corrected chi connectivity index (χ2v) is 9.28. The summed E-state index contributed by atoms with van der Waals surface area (Å²) in [7, 11) is 0. The zero-order chi connectivity index (χ0) is 27.3. The number of aliphatic carboxylic acids is 2. The first-order chi connectivity index (χ1) is 18.3. The molecule has 3 N–H and O–H groups in total. The van der Waals surface area contributed by atoms with Crippen LogP contribution in [-0.4, -0.2) is 88.3 Å². The van der Waals surface area contributed by atoms with Crippen LogP contribution in [0.15, 0.2) is 88.8 Å². The van der Waals surface area contributed by atoms with E-state index in [1.807, 2.05) is 42.5 Å². The van der Waals surface area contributed by atoms with Crippen LogP contribution in [0.5, 0.6) is 0 Å². The van der Waals surface area contributed by atoms with Crippen molar-refractivity contribution < 1.29 is 29.7 Å². The molecule has 200 valence electrons. The van der Waals surface area contributed by atoms with Gasteiger partial charge < -0.3 is 25.1 Å². The van der Waals surface area contributed by atoms with E-state index in [1.54, 1.807) is 12.4 Å². The number of hydrogen-bond acceptors (Lipinski definition) is 8. The number of nitrogens with zero attached hydrogens (tertiary/aromatic N) is 4. The van der Waals surface area contributed by atoms with E-state index >= 15 is 0 Å². The normalized spacial score (nSPS) is 14.7. The number of pyridine rings is 1. The number of aliphatic hydroxyl groups excluding tert-OH is 1. The van der Waals surface area contributed by atoms with Gasteiger partial charge in [0.15, 0.2) is 0 Å². The number of aliphatic hydroxyl groups is 1. The van der Waals surface area contributed by atoms with Gasteiger partial charge in [-0.05, 0) is 36.4 Å². The van der Waals surface area contributed by atoms with Crippen LogP contribution in [0.4, 0.5) is 5.69 Å². The van der Waals surface area contributed by atoms with Crippen molar-refractivity contribution in [2.75, 3.05) is 44.2 Å². The fraction of sp³-hybridized carbons (Fsp3) is 0.259. The zero-order valence-electron chi connectivity index (χ0n) is 20.6. The molecular formula is C27H29BrN4O6. The molecule has 0 amide bonds. The lowest BCUT2D eigenvalue weighted by molar-refractivity contribution is -0.159. The monoisotopic (exact) mass is 584 g/mol. The van der Waals surface area contributed by atoms with Crippen molar-refractivity contribution in [3.63, 3.8) is 0 Å². The quantitative estimate of drug-likeness (QED) is 0.207. The number of benzene rings is 2.